The molecular weight excluding hydrogens is 316 g/mol. The lowest BCUT2D eigenvalue weighted by Gasteiger charge is -2.11. The molecule has 0 aliphatic rings. The molecule has 0 heterocycles. The average Bonchev–Trinajstić information content (AvgIpc) is 2.54. The highest BCUT2D eigenvalue weighted by Crippen LogP contribution is 2.22. The predicted molar refractivity (Wildman–Crippen MR) is 88.3 cm³/mol. The van der Waals surface area contributed by atoms with E-state index >= 15 is 0 Å². The molecule has 0 radical (unpaired) electrons. The van der Waals surface area contributed by atoms with Gasteiger partial charge in [0.2, 0.25) is 0 Å². The molecule has 126 valence electrons. The van der Waals surface area contributed by atoms with Gasteiger partial charge in [0.05, 0.1) is 5.71 Å². The number of nitrogens with zero attached hydrogens (tertiary/aromatic N) is 1. The molecule has 0 aliphatic carbocycles. The highest BCUT2D eigenvalue weighted by Gasteiger charge is 2.13. The third-order valence-electron chi connectivity index (χ3n) is 3.24. The van der Waals surface area contributed by atoms with Gasteiger partial charge in [-0.1, -0.05) is 11.6 Å². The van der Waals surface area contributed by atoms with Gasteiger partial charge in [0.25, 0.3) is 5.91 Å². The number of nitrogens with two attached hydrogens (primary N) is 1. The molecule has 3 N–H and O–H groups in total. The van der Waals surface area contributed by atoms with Crippen molar-refractivity contribution in [2.75, 3.05) is 5.73 Å². The van der Waals surface area contributed by atoms with Gasteiger partial charge in [-0.2, -0.15) is 13.9 Å². The predicted octanol–water partition coefficient (Wildman–Crippen LogP) is 3.33. The van der Waals surface area contributed by atoms with E-state index in [9.17, 15) is 13.6 Å². The van der Waals surface area contributed by atoms with Crippen molar-refractivity contribution < 1.29 is 18.3 Å². The maximum Gasteiger partial charge on any atom is 0.387 e. The quantitative estimate of drug-likeness (QED) is 0.500. The number of carbonyl (C=O) groups excluding carboxylic acids is 1. The van der Waals surface area contributed by atoms with Gasteiger partial charge in [-0.3, -0.25) is 4.79 Å². The standard InChI is InChI=1S/C17H17F2N3O2/c1-10-3-8-15(24-17(18)19)14(9-10)11(2)21-22-16(23)12-4-6-13(20)7-5-12/h3-9,17H,20H2,1-2H3,(H,22,23)/b21-11-. The van der Waals surface area contributed by atoms with E-state index in [-0.39, 0.29) is 5.75 Å². The number of nitrogens with one attached hydrogen (secondary N) is 1. The van der Waals surface area contributed by atoms with Crippen molar-refractivity contribution in [2.45, 2.75) is 20.5 Å². The monoisotopic (exact) mass is 333 g/mol. The minimum atomic E-state index is -2.94. The molecule has 1 amide bonds. The van der Waals surface area contributed by atoms with Gasteiger partial charge in [0.15, 0.2) is 0 Å². The second-order valence-corrected chi connectivity index (χ2v) is 5.14. The SMILES string of the molecule is C/C(=N/NC(=O)c1ccc(N)cc1)c1cc(C)ccc1OC(F)F. The third kappa shape index (κ3) is 4.52. The Bertz CT molecular complexity index is 759. The van der Waals surface area contributed by atoms with Crippen molar-refractivity contribution in [3.8, 4) is 5.75 Å². The Morgan fingerprint density at radius 2 is 1.88 bits per heavy atom. The number of hydrogen-bond donors (Lipinski definition) is 2. The molecule has 24 heavy (non-hydrogen) atoms. The number of benzene rings is 2. The summed E-state index contributed by atoms with van der Waals surface area (Å²) in [5.74, 6) is -0.433. The number of halogens is 2. The van der Waals surface area contributed by atoms with Crippen LogP contribution >= 0.6 is 0 Å². The van der Waals surface area contributed by atoms with Gasteiger partial charge in [0.1, 0.15) is 5.75 Å². The van der Waals surface area contributed by atoms with Crippen LogP contribution in [0.3, 0.4) is 0 Å². The lowest BCUT2D eigenvalue weighted by atomic mass is 10.1. The molecule has 2 aromatic rings. The number of aryl methyl sites for hydroxylation is 1. The molecule has 0 aliphatic heterocycles. The zero-order valence-corrected chi connectivity index (χ0v) is 13.2. The molecular formula is C17H17F2N3O2. The van der Waals surface area contributed by atoms with Crippen LogP contribution in [0, 0.1) is 6.92 Å². The molecule has 2 aromatic carbocycles. The lowest BCUT2D eigenvalue weighted by Crippen LogP contribution is -2.19. The Morgan fingerprint density at radius 3 is 2.50 bits per heavy atom. The number of ether oxygens (including phenoxy) is 1. The zero-order valence-electron chi connectivity index (χ0n) is 13.2. The van der Waals surface area contributed by atoms with Crippen molar-refractivity contribution in [3.63, 3.8) is 0 Å². The largest absolute Gasteiger partial charge is 0.434 e. The smallest absolute Gasteiger partial charge is 0.387 e. The lowest BCUT2D eigenvalue weighted by molar-refractivity contribution is -0.0499. The molecule has 7 heteroatoms. The minimum Gasteiger partial charge on any atom is -0.434 e. The molecule has 0 bridgehead atoms. The number of amides is 1. The van der Waals surface area contributed by atoms with Crippen molar-refractivity contribution in [1.29, 1.82) is 0 Å². The van der Waals surface area contributed by atoms with Crippen molar-refractivity contribution >= 4 is 17.3 Å². The van der Waals surface area contributed by atoms with Gasteiger partial charge >= 0.3 is 6.61 Å². The van der Waals surface area contributed by atoms with E-state index in [2.05, 4.69) is 15.3 Å². The van der Waals surface area contributed by atoms with E-state index in [0.717, 1.165) is 5.56 Å². The number of carbonyl (C=O) groups is 1. The Balaban J connectivity index is 2.19. The fraction of sp³-hybridized carbons (Fsp3) is 0.176. The van der Waals surface area contributed by atoms with E-state index in [0.29, 0.717) is 22.5 Å². The van der Waals surface area contributed by atoms with Crippen LogP contribution in [0.4, 0.5) is 14.5 Å². The first kappa shape index (κ1) is 17.4. The molecule has 0 fully saturated rings. The topological polar surface area (TPSA) is 76.7 Å². The van der Waals surface area contributed by atoms with E-state index in [1.54, 1.807) is 43.3 Å². The van der Waals surface area contributed by atoms with E-state index < -0.39 is 12.5 Å². The molecule has 0 atom stereocenters. The van der Waals surface area contributed by atoms with Crippen LogP contribution in [0.25, 0.3) is 0 Å². The summed E-state index contributed by atoms with van der Waals surface area (Å²) >= 11 is 0. The molecule has 0 aromatic heterocycles. The number of nitrogen functional groups attached to an aromatic ring is 1. The number of rotatable bonds is 5. The van der Waals surface area contributed by atoms with Crippen LogP contribution in [0.15, 0.2) is 47.6 Å². The third-order valence-corrected chi connectivity index (χ3v) is 3.24. The first-order chi connectivity index (χ1) is 11.4. The summed E-state index contributed by atoms with van der Waals surface area (Å²) in [6.45, 7) is 0.468. The Kier molecular flexibility index (Phi) is 5.47. The highest BCUT2D eigenvalue weighted by atomic mass is 19.3. The van der Waals surface area contributed by atoms with E-state index in [4.69, 9.17) is 5.73 Å². The first-order valence-electron chi connectivity index (χ1n) is 7.13. The summed E-state index contributed by atoms with van der Waals surface area (Å²) in [6, 6.07) is 11.1. The second-order valence-electron chi connectivity index (χ2n) is 5.14. The Hall–Kier alpha value is -2.96. The highest BCUT2D eigenvalue weighted by molar-refractivity contribution is 6.02. The van der Waals surface area contributed by atoms with Crippen molar-refractivity contribution in [3.05, 3.63) is 59.2 Å². The van der Waals surface area contributed by atoms with Crippen LogP contribution in [0.5, 0.6) is 5.75 Å². The summed E-state index contributed by atoms with van der Waals surface area (Å²) in [6.07, 6.45) is 0. The number of hydrogen-bond acceptors (Lipinski definition) is 4. The maximum atomic E-state index is 12.5. The van der Waals surface area contributed by atoms with Crippen molar-refractivity contribution in [2.24, 2.45) is 5.10 Å². The maximum absolute atomic E-state index is 12.5. The van der Waals surface area contributed by atoms with Crippen LogP contribution in [-0.2, 0) is 0 Å². The van der Waals surface area contributed by atoms with Gasteiger partial charge in [-0.15, -0.1) is 0 Å². The number of hydrazone groups is 1. The van der Waals surface area contributed by atoms with E-state index in [1.165, 1.54) is 6.07 Å². The second kappa shape index (κ2) is 7.54. The van der Waals surface area contributed by atoms with Gasteiger partial charge < -0.3 is 10.5 Å². The van der Waals surface area contributed by atoms with Crippen molar-refractivity contribution in [1.82, 2.24) is 5.43 Å². The minimum absolute atomic E-state index is 0.00131. The van der Waals surface area contributed by atoms with Crippen LogP contribution in [0.2, 0.25) is 0 Å². The molecule has 0 saturated heterocycles. The summed E-state index contributed by atoms with van der Waals surface area (Å²) in [4.78, 5) is 12.0. The van der Waals surface area contributed by atoms with Gasteiger partial charge in [-0.05, 0) is 50.2 Å². The zero-order chi connectivity index (χ0) is 17.7. The summed E-state index contributed by atoms with van der Waals surface area (Å²) in [7, 11) is 0. The Labute approximate surface area is 138 Å². The number of anilines is 1. The number of alkyl halides is 2. The van der Waals surface area contributed by atoms with Crippen LogP contribution in [-0.4, -0.2) is 18.2 Å². The molecule has 0 unspecified atom stereocenters. The normalized spacial score (nSPS) is 11.5. The summed E-state index contributed by atoms with van der Waals surface area (Å²) in [5.41, 5.74) is 10.4. The Morgan fingerprint density at radius 1 is 1.21 bits per heavy atom. The molecule has 0 spiro atoms. The van der Waals surface area contributed by atoms with E-state index in [1.807, 2.05) is 6.92 Å². The molecule has 0 saturated carbocycles. The fourth-order valence-electron chi connectivity index (χ4n) is 2.02. The first-order valence-corrected chi connectivity index (χ1v) is 7.13. The fourth-order valence-corrected chi connectivity index (χ4v) is 2.02. The summed E-state index contributed by atoms with van der Waals surface area (Å²) < 4.78 is 29.5. The van der Waals surface area contributed by atoms with Crippen LogP contribution < -0.4 is 15.9 Å². The average molecular weight is 333 g/mol. The van der Waals surface area contributed by atoms with Crippen LogP contribution in [0.1, 0.15) is 28.4 Å². The van der Waals surface area contributed by atoms with Gasteiger partial charge in [-0.25, -0.2) is 5.43 Å². The molecule has 5 nitrogen and oxygen atoms in total. The van der Waals surface area contributed by atoms with Gasteiger partial charge in [0, 0.05) is 16.8 Å². The summed E-state index contributed by atoms with van der Waals surface area (Å²) in [5, 5.41) is 3.96. The molecule has 2 rings (SSSR count).